The molecule has 1 aromatic heterocycles. The highest BCUT2D eigenvalue weighted by Crippen LogP contribution is 2.18. The first kappa shape index (κ1) is 10.9. The van der Waals surface area contributed by atoms with E-state index >= 15 is 0 Å². The average Bonchev–Trinajstić information content (AvgIpc) is 2.18. The molecule has 15 heavy (non-hydrogen) atoms. The maximum atomic E-state index is 11.2. The summed E-state index contributed by atoms with van der Waals surface area (Å²) < 4.78 is 0. The van der Waals surface area contributed by atoms with Crippen molar-refractivity contribution in [3.63, 3.8) is 0 Å². The number of aromatic nitrogens is 1. The van der Waals surface area contributed by atoms with Gasteiger partial charge in [0.25, 0.3) is 11.6 Å². The number of pyridine rings is 1. The van der Waals surface area contributed by atoms with Crippen LogP contribution < -0.4 is 5.32 Å². The van der Waals surface area contributed by atoms with Gasteiger partial charge in [0.2, 0.25) is 0 Å². The molecule has 1 N–H and O–H groups in total. The fraction of sp³-hybridized carbons (Fsp3) is 0. The summed E-state index contributed by atoms with van der Waals surface area (Å²) in [6.07, 6.45) is 2.31. The quantitative estimate of drug-likeness (QED) is 0.264. The molecule has 0 spiro atoms. The van der Waals surface area contributed by atoms with Crippen LogP contribution in [0.4, 0.5) is 5.69 Å². The number of nitriles is 1. The minimum Gasteiger partial charge on any atom is -0.268 e. The minimum absolute atomic E-state index is 0.201. The van der Waals surface area contributed by atoms with Crippen molar-refractivity contribution >= 4 is 23.2 Å². The normalized spacial score (nSPS) is 9.07. The van der Waals surface area contributed by atoms with Gasteiger partial charge in [-0.1, -0.05) is 11.6 Å². The molecule has 0 bridgehead atoms. The van der Waals surface area contributed by atoms with E-state index in [4.69, 9.17) is 16.9 Å². The Kier molecular flexibility index (Phi) is 3.15. The largest absolute Gasteiger partial charge is 0.288 e. The van der Waals surface area contributed by atoms with E-state index < -0.39 is 10.8 Å². The standard InChI is InChI=1S/C7H3ClN4O3/c8-6-5(7(13)11-3-9)1-4(2-10-6)12(14)15/h1-2H,(H,11,13). The number of hydrogen-bond acceptors (Lipinski definition) is 5. The number of halogens is 1. The number of carbonyl (C=O) groups is 1. The van der Waals surface area contributed by atoms with Crippen LogP contribution in [0.25, 0.3) is 0 Å². The molecule has 0 unspecified atom stereocenters. The van der Waals surface area contributed by atoms with E-state index in [9.17, 15) is 14.9 Å². The van der Waals surface area contributed by atoms with E-state index in [1.165, 1.54) is 6.19 Å². The molecular weight excluding hydrogens is 224 g/mol. The molecule has 0 saturated heterocycles. The van der Waals surface area contributed by atoms with Gasteiger partial charge >= 0.3 is 0 Å². The molecule has 0 radical (unpaired) electrons. The molecule has 1 heterocycles. The van der Waals surface area contributed by atoms with Crippen LogP contribution in [0.3, 0.4) is 0 Å². The van der Waals surface area contributed by atoms with Crippen molar-refractivity contribution < 1.29 is 9.72 Å². The van der Waals surface area contributed by atoms with Crippen molar-refractivity contribution in [3.05, 3.63) is 33.1 Å². The van der Waals surface area contributed by atoms with Crippen LogP contribution in [0, 0.1) is 21.6 Å². The van der Waals surface area contributed by atoms with Gasteiger partial charge in [0.15, 0.2) is 6.19 Å². The highest BCUT2D eigenvalue weighted by atomic mass is 35.5. The van der Waals surface area contributed by atoms with Crippen LogP contribution in [0.1, 0.15) is 10.4 Å². The van der Waals surface area contributed by atoms with Crippen molar-refractivity contribution in [3.8, 4) is 6.19 Å². The second-order valence-electron chi connectivity index (χ2n) is 2.35. The van der Waals surface area contributed by atoms with E-state index in [1.807, 2.05) is 0 Å². The lowest BCUT2D eigenvalue weighted by molar-refractivity contribution is -0.385. The van der Waals surface area contributed by atoms with E-state index in [-0.39, 0.29) is 16.4 Å². The van der Waals surface area contributed by atoms with E-state index in [1.54, 1.807) is 5.32 Å². The minimum atomic E-state index is -0.835. The lowest BCUT2D eigenvalue weighted by Gasteiger charge is -1.99. The van der Waals surface area contributed by atoms with Gasteiger partial charge in [-0.05, 0) is 0 Å². The lowest BCUT2D eigenvalue weighted by Crippen LogP contribution is -2.18. The van der Waals surface area contributed by atoms with Crippen molar-refractivity contribution in [2.24, 2.45) is 0 Å². The number of nitrogens with zero attached hydrogens (tertiary/aromatic N) is 3. The Bertz CT molecular complexity index is 468. The Labute approximate surface area is 88.4 Å². The molecule has 1 aromatic rings. The fourth-order valence-corrected chi connectivity index (χ4v) is 1.00. The first-order valence-corrected chi connectivity index (χ1v) is 3.93. The zero-order valence-electron chi connectivity index (χ0n) is 7.10. The summed E-state index contributed by atoms with van der Waals surface area (Å²) in [5.41, 5.74) is -0.588. The molecule has 8 heteroatoms. The van der Waals surface area contributed by atoms with Crippen LogP contribution in [0.5, 0.6) is 0 Å². The lowest BCUT2D eigenvalue weighted by atomic mass is 10.2. The molecule has 0 aliphatic carbocycles. The third-order valence-corrected chi connectivity index (χ3v) is 1.75. The molecule has 0 aliphatic heterocycles. The predicted molar refractivity (Wildman–Crippen MR) is 49.0 cm³/mol. The molecule has 0 saturated carbocycles. The molecule has 0 atom stereocenters. The topological polar surface area (TPSA) is 109 Å². The summed E-state index contributed by atoms with van der Waals surface area (Å²) in [5.74, 6) is -0.835. The molecule has 1 rings (SSSR count). The molecule has 0 aromatic carbocycles. The fourth-order valence-electron chi connectivity index (χ4n) is 0.814. The second kappa shape index (κ2) is 4.34. The van der Waals surface area contributed by atoms with Gasteiger partial charge in [0.05, 0.1) is 10.5 Å². The van der Waals surface area contributed by atoms with E-state index in [0.29, 0.717) is 0 Å². The Morgan fingerprint density at radius 2 is 2.40 bits per heavy atom. The molecule has 1 amide bonds. The Morgan fingerprint density at radius 1 is 1.73 bits per heavy atom. The number of amides is 1. The highest BCUT2D eigenvalue weighted by molar-refractivity contribution is 6.32. The third kappa shape index (κ3) is 2.38. The maximum Gasteiger partial charge on any atom is 0.288 e. The molecule has 76 valence electrons. The maximum absolute atomic E-state index is 11.2. The van der Waals surface area contributed by atoms with Crippen molar-refractivity contribution in [1.29, 1.82) is 5.26 Å². The zero-order chi connectivity index (χ0) is 11.4. The summed E-state index contributed by atoms with van der Waals surface area (Å²) in [6, 6.07) is 0.946. The predicted octanol–water partition coefficient (Wildman–Crippen LogP) is 0.854. The number of nitrogens with one attached hydrogen (secondary N) is 1. The second-order valence-corrected chi connectivity index (χ2v) is 2.71. The summed E-state index contributed by atoms with van der Waals surface area (Å²) in [7, 11) is 0. The summed E-state index contributed by atoms with van der Waals surface area (Å²) in [4.78, 5) is 24.3. The van der Waals surface area contributed by atoms with Crippen LogP contribution in [0.15, 0.2) is 12.3 Å². The zero-order valence-corrected chi connectivity index (χ0v) is 7.85. The van der Waals surface area contributed by atoms with Crippen molar-refractivity contribution in [2.75, 3.05) is 0 Å². The SMILES string of the molecule is N#CNC(=O)c1cc([N+](=O)[O-])cnc1Cl. The highest BCUT2D eigenvalue weighted by Gasteiger charge is 2.16. The summed E-state index contributed by atoms with van der Waals surface area (Å²) >= 11 is 5.53. The third-order valence-electron chi connectivity index (χ3n) is 1.45. The van der Waals surface area contributed by atoms with Gasteiger partial charge in [-0.3, -0.25) is 20.2 Å². The molecule has 7 nitrogen and oxygen atoms in total. The molecular formula is C7H3ClN4O3. The Hall–Kier alpha value is -2.20. The van der Waals surface area contributed by atoms with Gasteiger partial charge < -0.3 is 0 Å². The van der Waals surface area contributed by atoms with Gasteiger partial charge in [-0.25, -0.2) is 4.98 Å². The average molecular weight is 227 g/mol. The first-order valence-electron chi connectivity index (χ1n) is 3.55. The van der Waals surface area contributed by atoms with Crippen molar-refractivity contribution in [2.45, 2.75) is 0 Å². The summed E-state index contributed by atoms with van der Waals surface area (Å²) in [5, 5.41) is 20.1. The molecule has 0 aliphatic rings. The van der Waals surface area contributed by atoms with Crippen LogP contribution in [0.2, 0.25) is 5.15 Å². The number of carbonyl (C=O) groups excluding carboxylic acids is 1. The van der Waals surface area contributed by atoms with Crippen molar-refractivity contribution in [1.82, 2.24) is 10.3 Å². The van der Waals surface area contributed by atoms with Crippen LogP contribution >= 0.6 is 11.6 Å². The van der Waals surface area contributed by atoms with E-state index in [0.717, 1.165) is 12.3 Å². The number of hydrogen-bond donors (Lipinski definition) is 1. The Balaban J connectivity index is 3.17. The smallest absolute Gasteiger partial charge is 0.268 e. The van der Waals surface area contributed by atoms with Gasteiger partial charge in [0, 0.05) is 6.07 Å². The van der Waals surface area contributed by atoms with Gasteiger partial charge in [-0.2, -0.15) is 5.26 Å². The molecule has 0 fully saturated rings. The first-order chi connectivity index (χ1) is 7.06. The van der Waals surface area contributed by atoms with Crippen LogP contribution in [-0.4, -0.2) is 15.8 Å². The van der Waals surface area contributed by atoms with Crippen LogP contribution in [-0.2, 0) is 0 Å². The summed E-state index contributed by atoms with van der Waals surface area (Å²) in [6.45, 7) is 0. The van der Waals surface area contributed by atoms with Gasteiger partial charge in [-0.15, -0.1) is 0 Å². The Morgan fingerprint density at radius 3 is 2.93 bits per heavy atom. The van der Waals surface area contributed by atoms with Gasteiger partial charge in [0.1, 0.15) is 11.3 Å². The number of nitro groups is 1. The monoisotopic (exact) mass is 226 g/mol. The van der Waals surface area contributed by atoms with E-state index in [2.05, 4.69) is 4.98 Å². The number of rotatable bonds is 2.